The van der Waals surface area contributed by atoms with Crippen LogP contribution in [0.4, 0.5) is 5.82 Å². The lowest BCUT2D eigenvalue weighted by molar-refractivity contribution is -0.158. The Kier molecular flexibility index (Phi) is 3.94. The van der Waals surface area contributed by atoms with Gasteiger partial charge in [0.25, 0.3) is 0 Å². The molecule has 1 saturated heterocycles. The van der Waals surface area contributed by atoms with Gasteiger partial charge in [-0.3, -0.25) is 0 Å². The summed E-state index contributed by atoms with van der Waals surface area (Å²) >= 11 is 0. The summed E-state index contributed by atoms with van der Waals surface area (Å²) in [5.41, 5.74) is 2.04. The number of benzene rings is 1. The molecular weight excluding hydrogens is 282 g/mol. The molecule has 1 aliphatic heterocycles. The molecule has 0 amide bonds. The van der Waals surface area contributed by atoms with Crippen LogP contribution in [0, 0.1) is 6.92 Å². The smallest absolute Gasteiger partial charge is 0.336 e. The molecule has 0 radical (unpaired) electrons. The third kappa shape index (κ3) is 2.74. The monoisotopic (exact) mass is 301 g/mol. The van der Waals surface area contributed by atoms with Crippen molar-refractivity contribution in [2.45, 2.75) is 26.1 Å². The summed E-state index contributed by atoms with van der Waals surface area (Å²) < 4.78 is 10.5. The van der Waals surface area contributed by atoms with Gasteiger partial charge < -0.3 is 14.4 Å². The summed E-state index contributed by atoms with van der Waals surface area (Å²) in [6.07, 6.45) is 0.886. The highest BCUT2D eigenvalue weighted by atomic mass is 16.6. The number of aryl methyl sites for hydroxylation is 1. The van der Waals surface area contributed by atoms with Gasteiger partial charge in [-0.25, -0.2) is 14.8 Å². The second kappa shape index (κ2) is 5.88. The van der Waals surface area contributed by atoms with E-state index >= 15 is 0 Å². The summed E-state index contributed by atoms with van der Waals surface area (Å²) in [6, 6.07) is 6.08. The molecule has 1 unspecified atom stereocenters. The van der Waals surface area contributed by atoms with E-state index in [0.29, 0.717) is 13.1 Å². The van der Waals surface area contributed by atoms with Gasteiger partial charge in [0.1, 0.15) is 12.1 Å². The van der Waals surface area contributed by atoms with Crippen molar-refractivity contribution in [3.63, 3.8) is 0 Å². The summed E-state index contributed by atoms with van der Waals surface area (Å²) in [4.78, 5) is 22.6. The number of anilines is 1. The SMILES string of the molecule is COC(=O)C1CN(c2ncnc3ccc(C)cc23)C[C@H](C)O1. The number of aromatic nitrogens is 2. The Balaban J connectivity index is 1.99. The molecule has 2 heterocycles. The average molecular weight is 301 g/mol. The lowest BCUT2D eigenvalue weighted by Crippen LogP contribution is -2.50. The van der Waals surface area contributed by atoms with Crippen molar-refractivity contribution in [3.8, 4) is 0 Å². The fourth-order valence-corrected chi connectivity index (χ4v) is 2.79. The Morgan fingerprint density at radius 3 is 2.95 bits per heavy atom. The van der Waals surface area contributed by atoms with Crippen LogP contribution in [0.3, 0.4) is 0 Å². The van der Waals surface area contributed by atoms with Gasteiger partial charge >= 0.3 is 5.97 Å². The second-order valence-electron chi connectivity index (χ2n) is 5.58. The van der Waals surface area contributed by atoms with Gasteiger partial charge in [0, 0.05) is 11.9 Å². The van der Waals surface area contributed by atoms with Crippen molar-refractivity contribution in [3.05, 3.63) is 30.1 Å². The molecule has 116 valence electrons. The molecule has 3 rings (SSSR count). The maximum absolute atomic E-state index is 11.8. The minimum Gasteiger partial charge on any atom is -0.467 e. The molecule has 0 aliphatic carbocycles. The van der Waals surface area contributed by atoms with Crippen LogP contribution in [-0.2, 0) is 14.3 Å². The van der Waals surface area contributed by atoms with E-state index in [2.05, 4.69) is 20.9 Å². The van der Waals surface area contributed by atoms with Crippen LogP contribution in [0.2, 0.25) is 0 Å². The number of hydrogen-bond acceptors (Lipinski definition) is 6. The zero-order valence-corrected chi connectivity index (χ0v) is 12.9. The number of methoxy groups -OCH3 is 1. The molecule has 22 heavy (non-hydrogen) atoms. The first-order valence-electron chi connectivity index (χ1n) is 7.28. The second-order valence-corrected chi connectivity index (χ2v) is 5.58. The molecule has 0 spiro atoms. The van der Waals surface area contributed by atoms with Gasteiger partial charge in [-0.2, -0.15) is 0 Å². The summed E-state index contributed by atoms with van der Waals surface area (Å²) in [5.74, 6) is 0.476. The third-order valence-electron chi connectivity index (χ3n) is 3.79. The maximum atomic E-state index is 11.8. The minimum absolute atomic E-state index is 0.0762. The lowest BCUT2D eigenvalue weighted by Gasteiger charge is -2.36. The van der Waals surface area contributed by atoms with E-state index < -0.39 is 6.10 Å². The van der Waals surface area contributed by atoms with Crippen molar-refractivity contribution >= 4 is 22.7 Å². The molecule has 1 aromatic heterocycles. The first-order valence-corrected chi connectivity index (χ1v) is 7.28. The zero-order valence-electron chi connectivity index (χ0n) is 12.9. The Morgan fingerprint density at radius 1 is 1.36 bits per heavy atom. The van der Waals surface area contributed by atoms with Crippen LogP contribution >= 0.6 is 0 Å². The highest BCUT2D eigenvalue weighted by Gasteiger charge is 2.32. The van der Waals surface area contributed by atoms with Crippen LogP contribution in [0.15, 0.2) is 24.5 Å². The highest BCUT2D eigenvalue weighted by molar-refractivity contribution is 5.90. The van der Waals surface area contributed by atoms with Crippen molar-refractivity contribution < 1.29 is 14.3 Å². The van der Waals surface area contributed by atoms with Gasteiger partial charge in [-0.05, 0) is 26.0 Å². The average Bonchev–Trinajstić information content (AvgIpc) is 2.52. The molecule has 2 aromatic rings. The molecular formula is C16H19N3O3. The number of fused-ring (bicyclic) bond motifs is 1. The van der Waals surface area contributed by atoms with E-state index in [0.717, 1.165) is 22.3 Å². The van der Waals surface area contributed by atoms with Gasteiger partial charge in [0.15, 0.2) is 6.10 Å². The van der Waals surface area contributed by atoms with Crippen LogP contribution < -0.4 is 4.90 Å². The molecule has 6 nitrogen and oxygen atoms in total. The first kappa shape index (κ1) is 14.7. The van der Waals surface area contributed by atoms with Crippen molar-refractivity contribution in [1.29, 1.82) is 0 Å². The van der Waals surface area contributed by atoms with Gasteiger partial charge in [0.2, 0.25) is 0 Å². The predicted molar refractivity (Wildman–Crippen MR) is 82.8 cm³/mol. The molecule has 0 bridgehead atoms. The first-order chi connectivity index (χ1) is 10.6. The van der Waals surface area contributed by atoms with Gasteiger partial charge in [-0.1, -0.05) is 11.6 Å². The largest absolute Gasteiger partial charge is 0.467 e. The van der Waals surface area contributed by atoms with E-state index in [1.807, 2.05) is 26.0 Å². The van der Waals surface area contributed by atoms with Crippen molar-refractivity contribution in [1.82, 2.24) is 9.97 Å². The van der Waals surface area contributed by atoms with Gasteiger partial charge in [-0.15, -0.1) is 0 Å². The molecule has 1 aromatic carbocycles. The third-order valence-corrected chi connectivity index (χ3v) is 3.79. The Labute approximate surface area is 129 Å². The maximum Gasteiger partial charge on any atom is 0.336 e. The molecule has 1 fully saturated rings. The van der Waals surface area contributed by atoms with E-state index in [1.165, 1.54) is 7.11 Å². The molecule has 6 heteroatoms. The highest BCUT2D eigenvalue weighted by Crippen LogP contribution is 2.26. The fourth-order valence-electron chi connectivity index (χ4n) is 2.79. The quantitative estimate of drug-likeness (QED) is 0.787. The van der Waals surface area contributed by atoms with Crippen LogP contribution in [0.5, 0.6) is 0 Å². The fraction of sp³-hybridized carbons (Fsp3) is 0.438. The minimum atomic E-state index is -0.594. The van der Waals surface area contributed by atoms with Crippen LogP contribution in [0.1, 0.15) is 12.5 Å². The molecule has 0 N–H and O–H groups in total. The number of carbonyl (C=O) groups excluding carboxylic acids is 1. The van der Waals surface area contributed by atoms with E-state index in [1.54, 1.807) is 6.33 Å². The molecule has 0 saturated carbocycles. The Hall–Kier alpha value is -2.21. The molecule has 2 atom stereocenters. The summed E-state index contributed by atoms with van der Waals surface area (Å²) in [6.45, 7) is 5.08. The molecule has 1 aliphatic rings. The number of morpholine rings is 1. The lowest BCUT2D eigenvalue weighted by atomic mass is 10.1. The summed E-state index contributed by atoms with van der Waals surface area (Å²) in [7, 11) is 1.37. The zero-order chi connectivity index (χ0) is 15.7. The number of hydrogen-bond donors (Lipinski definition) is 0. The Morgan fingerprint density at radius 2 is 2.18 bits per heavy atom. The normalized spacial score (nSPS) is 21.9. The van der Waals surface area contributed by atoms with E-state index in [4.69, 9.17) is 9.47 Å². The van der Waals surface area contributed by atoms with Gasteiger partial charge in [0.05, 0.1) is 25.3 Å². The van der Waals surface area contributed by atoms with E-state index in [9.17, 15) is 4.79 Å². The number of ether oxygens (including phenoxy) is 2. The van der Waals surface area contributed by atoms with Crippen molar-refractivity contribution in [2.24, 2.45) is 0 Å². The standard InChI is InChI=1S/C16H19N3O3/c1-10-4-5-13-12(6-10)15(18-9-17-13)19-7-11(2)22-14(8-19)16(20)21-3/h4-6,9,11,14H,7-8H2,1-3H3/t11-,14?/m0/s1. The van der Waals surface area contributed by atoms with E-state index in [-0.39, 0.29) is 12.1 Å². The van der Waals surface area contributed by atoms with Crippen LogP contribution in [0.25, 0.3) is 10.9 Å². The predicted octanol–water partition coefficient (Wildman–Crippen LogP) is 1.70. The topological polar surface area (TPSA) is 64.5 Å². The Bertz CT molecular complexity index is 704. The number of nitrogens with zero attached hydrogens (tertiary/aromatic N) is 3. The van der Waals surface area contributed by atoms with Crippen LogP contribution in [-0.4, -0.2) is 48.3 Å². The summed E-state index contributed by atoms with van der Waals surface area (Å²) in [5, 5.41) is 0.986. The van der Waals surface area contributed by atoms with Crippen molar-refractivity contribution in [2.75, 3.05) is 25.1 Å². The number of rotatable bonds is 2. The number of carbonyl (C=O) groups is 1. The number of esters is 1.